The van der Waals surface area contributed by atoms with E-state index in [9.17, 15) is 0 Å². The lowest BCUT2D eigenvalue weighted by Crippen LogP contribution is -2.47. The van der Waals surface area contributed by atoms with Gasteiger partial charge in [-0.25, -0.2) is 0 Å². The fraction of sp³-hybridized carbons (Fsp3) is 0.647. The van der Waals surface area contributed by atoms with Gasteiger partial charge in [0.15, 0.2) is 0 Å². The third kappa shape index (κ3) is 3.06. The SMILES string of the molecule is C#CC=CCC1CCC(CCC=C)C2CCCN12. The molecule has 0 aromatic carbocycles. The van der Waals surface area contributed by atoms with Crippen LogP contribution in [0.1, 0.15) is 44.9 Å². The van der Waals surface area contributed by atoms with Crippen LogP contribution in [0, 0.1) is 18.3 Å². The van der Waals surface area contributed by atoms with Gasteiger partial charge in [0.25, 0.3) is 0 Å². The van der Waals surface area contributed by atoms with Crippen molar-refractivity contribution in [3.05, 3.63) is 24.8 Å². The van der Waals surface area contributed by atoms with Crippen molar-refractivity contribution in [1.82, 2.24) is 4.90 Å². The Labute approximate surface area is 112 Å². The number of fused-ring (bicyclic) bond motifs is 1. The molecule has 0 bridgehead atoms. The summed E-state index contributed by atoms with van der Waals surface area (Å²) in [5, 5.41) is 0. The first-order chi connectivity index (χ1) is 8.86. The third-order valence-electron chi connectivity index (χ3n) is 4.59. The largest absolute Gasteiger partial charge is 0.297 e. The zero-order chi connectivity index (χ0) is 12.8. The summed E-state index contributed by atoms with van der Waals surface area (Å²) in [6.07, 6.45) is 20.5. The monoisotopic (exact) mass is 243 g/mol. The van der Waals surface area contributed by atoms with Crippen LogP contribution in [0.3, 0.4) is 0 Å². The number of hydrogen-bond donors (Lipinski definition) is 0. The van der Waals surface area contributed by atoms with Crippen LogP contribution in [0.25, 0.3) is 0 Å². The van der Waals surface area contributed by atoms with Crippen molar-refractivity contribution in [3.8, 4) is 12.3 Å². The molecule has 2 aliphatic rings. The maximum Gasteiger partial charge on any atom is 0.0133 e. The van der Waals surface area contributed by atoms with Gasteiger partial charge in [0, 0.05) is 12.1 Å². The lowest BCUT2D eigenvalue weighted by Gasteiger charge is -2.42. The summed E-state index contributed by atoms with van der Waals surface area (Å²) in [5.41, 5.74) is 0. The Morgan fingerprint density at radius 1 is 1.33 bits per heavy atom. The van der Waals surface area contributed by atoms with Crippen LogP contribution < -0.4 is 0 Å². The maximum absolute atomic E-state index is 5.27. The van der Waals surface area contributed by atoms with Gasteiger partial charge in [-0.2, -0.15) is 0 Å². The van der Waals surface area contributed by atoms with E-state index in [-0.39, 0.29) is 0 Å². The molecule has 0 saturated carbocycles. The van der Waals surface area contributed by atoms with Gasteiger partial charge >= 0.3 is 0 Å². The van der Waals surface area contributed by atoms with E-state index in [0.717, 1.165) is 24.4 Å². The van der Waals surface area contributed by atoms with Gasteiger partial charge < -0.3 is 0 Å². The van der Waals surface area contributed by atoms with Crippen molar-refractivity contribution in [2.24, 2.45) is 5.92 Å². The van der Waals surface area contributed by atoms with Crippen molar-refractivity contribution < 1.29 is 0 Å². The van der Waals surface area contributed by atoms with Crippen LogP contribution in [0.4, 0.5) is 0 Å². The molecule has 2 saturated heterocycles. The zero-order valence-electron chi connectivity index (χ0n) is 11.4. The summed E-state index contributed by atoms with van der Waals surface area (Å²) in [6.45, 7) is 5.15. The Morgan fingerprint density at radius 3 is 3.00 bits per heavy atom. The van der Waals surface area contributed by atoms with E-state index in [1.54, 1.807) is 0 Å². The first kappa shape index (κ1) is 13.4. The predicted octanol–water partition coefficient (Wildman–Crippen LogP) is 3.78. The lowest BCUT2D eigenvalue weighted by atomic mass is 9.82. The van der Waals surface area contributed by atoms with Crippen molar-refractivity contribution in [3.63, 3.8) is 0 Å². The Morgan fingerprint density at radius 2 is 2.22 bits per heavy atom. The molecule has 2 heterocycles. The molecule has 1 heteroatoms. The van der Waals surface area contributed by atoms with Crippen LogP contribution >= 0.6 is 0 Å². The molecule has 0 N–H and O–H groups in total. The van der Waals surface area contributed by atoms with E-state index in [1.807, 2.05) is 6.08 Å². The summed E-state index contributed by atoms with van der Waals surface area (Å²) >= 11 is 0. The number of rotatable bonds is 5. The first-order valence-electron chi connectivity index (χ1n) is 7.34. The highest BCUT2D eigenvalue weighted by atomic mass is 15.2. The highest BCUT2D eigenvalue weighted by Crippen LogP contribution is 2.38. The molecular formula is C17H25N. The standard InChI is InChI=1S/C17H25N/c1-3-5-7-10-16-13-12-15(9-6-4-2)17-11-8-14-18(16)17/h1,4-5,7,15-17H,2,6,8-14H2. The summed E-state index contributed by atoms with van der Waals surface area (Å²) in [4.78, 5) is 2.76. The van der Waals surface area contributed by atoms with Gasteiger partial charge in [-0.3, -0.25) is 4.90 Å². The molecule has 2 fully saturated rings. The van der Waals surface area contributed by atoms with Crippen molar-refractivity contribution in [2.75, 3.05) is 6.54 Å². The van der Waals surface area contributed by atoms with Crippen molar-refractivity contribution >= 4 is 0 Å². The summed E-state index contributed by atoms with van der Waals surface area (Å²) < 4.78 is 0. The highest BCUT2D eigenvalue weighted by molar-refractivity contribution is 5.10. The highest BCUT2D eigenvalue weighted by Gasteiger charge is 2.38. The molecule has 0 amide bonds. The lowest BCUT2D eigenvalue weighted by molar-refractivity contribution is 0.0717. The average molecular weight is 243 g/mol. The molecule has 2 rings (SSSR count). The molecule has 3 unspecified atom stereocenters. The van der Waals surface area contributed by atoms with E-state index in [0.29, 0.717) is 0 Å². The fourth-order valence-corrected chi connectivity index (χ4v) is 3.75. The van der Waals surface area contributed by atoms with E-state index in [4.69, 9.17) is 6.42 Å². The second-order valence-electron chi connectivity index (χ2n) is 5.61. The predicted molar refractivity (Wildman–Crippen MR) is 78.3 cm³/mol. The molecule has 0 aromatic rings. The van der Waals surface area contributed by atoms with E-state index in [1.165, 1.54) is 45.1 Å². The van der Waals surface area contributed by atoms with Crippen LogP contribution in [-0.4, -0.2) is 23.5 Å². The molecule has 0 radical (unpaired) electrons. The summed E-state index contributed by atoms with van der Waals surface area (Å²) in [6, 6.07) is 1.57. The van der Waals surface area contributed by atoms with E-state index >= 15 is 0 Å². The molecule has 1 nitrogen and oxygen atoms in total. The number of allylic oxidation sites excluding steroid dienone is 2. The average Bonchev–Trinajstić information content (AvgIpc) is 2.87. The van der Waals surface area contributed by atoms with Gasteiger partial charge in [-0.15, -0.1) is 13.0 Å². The van der Waals surface area contributed by atoms with Crippen LogP contribution in [0.15, 0.2) is 24.8 Å². The minimum absolute atomic E-state index is 0.738. The van der Waals surface area contributed by atoms with Crippen LogP contribution in [0.5, 0.6) is 0 Å². The number of piperidine rings is 1. The second kappa shape index (κ2) is 6.81. The molecule has 3 atom stereocenters. The molecule has 0 aromatic heterocycles. The Kier molecular flexibility index (Phi) is 5.08. The molecule has 0 spiro atoms. The van der Waals surface area contributed by atoms with Gasteiger partial charge in [0.1, 0.15) is 0 Å². The van der Waals surface area contributed by atoms with Crippen LogP contribution in [-0.2, 0) is 0 Å². The molecule has 0 aliphatic carbocycles. The maximum atomic E-state index is 5.27. The minimum atomic E-state index is 0.738. The smallest absolute Gasteiger partial charge is 0.0133 e. The van der Waals surface area contributed by atoms with Gasteiger partial charge in [-0.05, 0) is 63.5 Å². The van der Waals surface area contributed by atoms with Crippen LogP contribution in [0.2, 0.25) is 0 Å². The molecule has 2 aliphatic heterocycles. The Bertz CT molecular complexity index is 336. The second-order valence-corrected chi connectivity index (χ2v) is 5.61. The Hall–Kier alpha value is -1.00. The summed E-state index contributed by atoms with van der Waals surface area (Å²) in [5.74, 6) is 3.49. The van der Waals surface area contributed by atoms with Gasteiger partial charge in [0.2, 0.25) is 0 Å². The van der Waals surface area contributed by atoms with Gasteiger partial charge in [0.05, 0.1) is 0 Å². The molecule has 98 valence electrons. The Balaban J connectivity index is 1.93. The molecule has 18 heavy (non-hydrogen) atoms. The number of terminal acetylenes is 1. The fourth-order valence-electron chi connectivity index (χ4n) is 3.75. The van der Waals surface area contributed by atoms with Crippen molar-refractivity contribution in [1.29, 1.82) is 0 Å². The zero-order valence-corrected chi connectivity index (χ0v) is 11.4. The minimum Gasteiger partial charge on any atom is -0.297 e. The third-order valence-corrected chi connectivity index (χ3v) is 4.59. The van der Waals surface area contributed by atoms with Crippen molar-refractivity contribution in [2.45, 2.75) is 57.0 Å². The normalized spacial score (nSPS) is 32.3. The summed E-state index contributed by atoms with van der Waals surface area (Å²) in [7, 11) is 0. The number of hydrogen-bond acceptors (Lipinski definition) is 1. The first-order valence-corrected chi connectivity index (χ1v) is 7.34. The quantitative estimate of drug-likeness (QED) is 0.525. The van der Waals surface area contributed by atoms with E-state index in [2.05, 4.69) is 29.6 Å². The number of nitrogens with zero attached hydrogens (tertiary/aromatic N) is 1. The topological polar surface area (TPSA) is 3.24 Å². The molecular weight excluding hydrogens is 218 g/mol. The van der Waals surface area contributed by atoms with Gasteiger partial charge in [-0.1, -0.05) is 18.1 Å². The van der Waals surface area contributed by atoms with E-state index < -0.39 is 0 Å².